The summed E-state index contributed by atoms with van der Waals surface area (Å²) in [7, 11) is 2.47. The van der Waals surface area contributed by atoms with E-state index in [1.54, 1.807) is 24.3 Å². The molecule has 0 spiro atoms. The fraction of sp³-hybridized carbons (Fsp3) is 0.357. The second-order valence-corrected chi connectivity index (χ2v) is 5.57. The van der Waals surface area contributed by atoms with Gasteiger partial charge in [-0.25, -0.2) is 4.79 Å². The predicted octanol–water partition coefficient (Wildman–Crippen LogP) is 1.23. The lowest BCUT2D eigenvalue weighted by Crippen LogP contribution is -2.55. The van der Waals surface area contributed by atoms with E-state index in [1.165, 1.54) is 37.8 Å². The van der Waals surface area contributed by atoms with Crippen LogP contribution in [-0.2, 0) is 23.9 Å². The SMILES string of the molecule is COC(=O)C1Sc2ccccc2N(C(C)=O)C1C(=O)OC. The predicted molar refractivity (Wildman–Crippen MR) is 77.1 cm³/mol. The number of ether oxygens (including phenoxy) is 2. The molecule has 21 heavy (non-hydrogen) atoms. The normalized spacial score (nSPS) is 20.4. The Bertz CT molecular complexity index is 588. The quantitative estimate of drug-likeness (QED) is 0.765. The third-order valence-electron chi connectivity index (χ3n) is 3.16. The Balaban J connectivity index is 2.57. The number of amides is 1. The van der Waals surface area contributed by atoms with Crippen LogP contribution in [0.5, 0.6) is 0 Å². The Hall–Kier alpha value is -2.02. The van der Waals surface area contributed by atoms with Crippen LogP contribution in [0.3, 0.4) is 0 Å². The van der Waals surface area contributed by atoms with Crippen LogP contribution in [0.15, 0.2) is 29.2 Å². The second kappa shape index (κ2) is 6.17. The number of carbonyl (C=O) groups excluding carboxylic acids is 3. The molecule has 0 aliphatic carbocycles. The van der Waals surface area contributed by atoms with Gasteiger partial charge in [0, 0.05) is 11.8 Å². The maximum Gasteiger partial charge on any atom is 0.330 e. The summed E-state index contributed by atoms with van der Waals surface area (Å²) in [6, 6.07) is 6.05. The summed E-state index contributed by atoms with van der Waals surface area (Å²) in [5, 5.41) is -0.860. The Morgan fingerprint density at radius 2 is 1.71 bits per heavy atom. The Labute approximate surface area is 126 Å². The molecule has 0 radical (unpaired) electrons. The van der Waals surface area contributed by atoms with Crippen LogP contribution >= 0.6 is 11.8 Å². The van der Waals surface area contributed by atoms with E-state index < -0.39 is 23.2 Å². The number of rotatable bonds is 2. The maximum absolute atomic E-state index is 12.1. The topological polar surface area (TPSA) is 72.9 Å². The summed E-state index contributed by atoms with van der Waals surface area (Å²) in [6.45, 7) is 1.34. The van der Waals surface area contributed by atoms with Crippen molar-refractivity contribution in [3.63, 3.8) is 0 Å². The number of para-hydroxylation sites is 1. The molecule has 2 rings (SSSR count). The summed E-state index contributed by atoms with van der Waals surface area (Å²) < 4.78 is 9.51. The van der Waals surface area contributed by atoms with Gasteiger partial charge in [-0.05, 0) is 12.1 Å². The number of methoxy groups -OCH3 is 2. The molecule has 1 aromatic rings. The second-order valence-electron chi connectivity index (χ2n) is 4.39. The monoisotopic (exact) mass is 309 g/mol. The van der Waals surface area contributed by atoms with Crippen molar-refractivity contribution >= 4 is 35.3 Å². The third kappa shape index (κ3) is 2.73. The summed E-state index contributed by atoms with van der Waals surface area (Å²) in [6.07, 6.45) is 0. The zero-order chi connectivity index (χ0) is 15.6. The van der Waals surface area contributed by atoms with Crippen LogP contribution in [0, 0.1) is 0 Å². The number of hydrogen-bond acceptors (Lipinski definition) is 6. The first-order valence-electron chi connectivity index (χ1n) is 6.22. The van der Waals surface area contributed by atoms with Gasteiger partial charge in [-0.2, -0.15) is 0 Å². The molecule has 6 nitrogen and oxygen atoms in total. The van der Waals surface area contributed by atoms with Crippen LogP contribution in [0.4, 0.5) is 5.69 Å². The van der Waals surface area contributed by atoms with Gasteiger partial charge >= 0.3 is 11.9 Å². The number of anilines is 1. The first kappa shape index (κ1) is 15.4. The van der Waals surface area contributed by atoms with E-state index in [1.807, 2.05) is 0 Å². The van der Waals surface area contributed by atoms with E-state index in [-0.39, 0.29) is 5.91 Å². The lowest BCUT2D eigenvalue weighted by molar-refractivity contribution is -0.148. The average Bonchev–Trinajstić information content (AvgIpc) is 2.51. The van der Waals surface area contributed by atoms with Crippen molar-refractivity contribution in [3.05, 3.63) is 24.3 Å². The lowest BCUT2D eigenvalue weighted by atomic mass is 10.1. The van der Waals surface area contributed by atoms with Gasteiger partial charge in [0.1, 0.15) is 5.25 Å². The summed E-state index contributed by atoms with van der Waals surface area (Å²) in [5.41, 5.74) is 0.588. The van der Waals surface area contributed by atoms with Crippen molar-refractivity contribution in [2.24, 2.45) is 0 Å². The highest BCUT2D eigenvalue weighted by Crippen LogP contribution is 2.42. The summed E-state index contributed by atoms with van der Waals surface area (Å²) >= 11 is 1.19. The Morgan fingerprint density at radius 1 is 1.10 bits per heavy atom. The average molecular weight is 309 g/mol. The van der Waals surface area contributed by atoms with Gasteiger partial charge < -0.3 is 9.47 Å². The van der Waals surface area contributed by atoms with E-state index in [9.17, 15) is 14.4 Å². The number of carbonyl (C=O) groups is 3. The van der Waals surface area contributed by atoms with Gasteiger partial charge in [-0.15, -0.1) is 11.8 Å². The zero-order valence-electron chi connectivity index (χ0n) is 11.9. The van der Waals surface area contributed by atoms with Crippen LogP contribution in [0.25, 0.3) is 0 Å². The van der Waals surface area contributed by atoms with Gasteiger partial charge in [-0.3, -0.25) is 14.5 Å². The molecule has 0 saturated carbocycles. The third-order valence-corrected chi connectivity index (χ3v) is 4.46. The van der Waals surface area contributed by atoms with Crippen LogP contribution in [0.1, 0.15) is 6.92 Å². The minimum atomic E-state index is -1.04. The molecule has 7 heteroatoms. The molecule has 1 aromatic carbocycles. The van der Waals surface area contributed by atoms with E-state index in [4.69, 9.17) is 9.47 Å². The van der Waals surface area contributed by atoms with Crippen molar-refractivity contribution in [2.45, 2.75) is 23.1 Å². The van der Waals surface area contributed by atoms with E-state index >= 15 is 0 Å². The zero-order valence-corrected chi connectivity index (χ0v) is 12.7. The smallest absolute Gasteiger partial charge is 0.330 e. The minimum absolute atomic E-state index is 0.341. The molecule has 1 aliphatic heterocycles. The Morgan fingerprint density at radius 3 is 2.29 bits per heavy atom. The Kier molecular flexibility index (Phi) is 4.52. The number of benzene rings is 1. The molecule has 2 unspecified atom stereocenters. The fourth-order valence-corrected chi connectivity index (χ4v) is 3.52. The van der Waals surface area contributed by atoms with Crippen LogP contribution in [0.2, 0.25) is 0 Å². The highest BCUT2D eigenvalue weighted by atomic mass is 32.2. The molecule has 0 bridgehead atoms. The van der Waals surface area contributed by atoms with Gasteiger partial charge in [0.25, 0.3) is 0 Å². The number of hydrogen-bond donors (Lipinski definition) is 0. The molecule has 0 aromatic heterocycles. The summed E-state index contributed by atoms with van der Waals surface area (Å²) in [5.74, 6) is -1.56. The van der Waals surface area contributed by atoms with Gasteiger partial charge in [-0.1, -0.05) is 12.1 Å². The molecule has 1 aliphatic rings. The maximum atomic E-state index is 12.1. The van der Waals surface area contributed by atoms with Crippen molar-refractivity contribution in [3.8, 4) is 0 Å². The standard InChI is InChI=1S/C14H15NO5S/c1-8(16)15-9-6-4-5-7-10(9)21-12(14(18)20-3)11(15)13(17)19-2/h4-7,11-12H,1-3H3. The van der Waals surface area contributed by atoms with Crippen molar-refractivity contribution < 1.29 is 23.9 Å². The van der Waals surface area contributed by atoms with Gasteiger partial charge in [0.05, 0.1) is 19.9 Å². The molecule has 2 atom stereocenters. The largest absolute Gasteiger partial charge is 0.468 e. The summed E-state index contributed by atoms with van der Waals surface area (Å²) in [4.78, 5) is 38.1. The molecule has 0 fully saturated rings. The lowest BCUT2D eigenvalue weighted by Gasteiger charge is -2.38. The first-order chi connectivity index (χ1) is 10.0. The highest BCUT2D eigenvalue weighted by Gasteiger charge is 2.46. The number of nitrogens with zero attached hydrogens (tertiary/aromatic N) is 1. The molecule has 112 valence electrons. The first-order valence-corrected chi connectivity index (χ1v) is 7.10. The van der Waals surface area contributed by atoms with Crippen molar-refractivity contribution in [1.82, 2.24) is 0 Å². The molecule has 0 saturated heterocycles. The molecule has 0 N–H and O–H groups in total. The van der Waals surface area contributed by atoms with Crippen molar-refractivity contribution in [1.29, 1.82) is 0 Å². The fourth-order valence-electron chi connectivity index (χ4n) is 2.25. The molecular formula is C14H15NO5S. The number of esters is 2. The van der Waals surface area contributed by atoms with E-state index in [2.05, 4.69) is 0 Å². The molecular weight excluding hydrogens is 294 g/mol. The van der Waals surface area contributed by atoms with E-state index in [0.29, 0.717) is 5.69 Å². The highest BCUT2D eigenvalue weighted by molar-refractivity contribution is 8.01. The van der Waals surface area contributed by atoms with Crippen LogP contribution in [-0.4, -0.2) is 43.4 Å². The van der Waals surface area contributed by atoms with Gasteiger partial charge in [0.15, 0.2) is 6.04 Å². The number of fused-ring (bicyclic) bond motifs is 1. The van der Waals surface area contributed by atoms with Crippen molar-refractivity contribution in [2.75, 3.05) is 19.1 Å². The minimum Gasteiger partial charge on any atom is -0.468 e. The molecule has 1 heterocycles. The van der Waals surface area contributed by atoms with Gasteiger partial charge in [0.2, 0.25) is 5.91 Å². The van der Waals surface area contributed by atoms with Crippen LogP contribution < -0.4 is 4.90 Å². The molecule has 1 amide bonds. The van der Waals surface area contributed by atoms with E-state index in [0.717, 1.165) is 4.90 Å². The number of thioether (sulfide) groups is 1.